The van der Waals surface area contributed by atoms with E-state index in [-0.39, 0.29) is 10.9 Å². The van der Waals surface area contributed by atoms with E-state index in [9.17, 15) is 0 Å². The summed E-state index contributed by atoms with van der Waals surface area (Å²) in [4.78, 5) is 4.10. The van der Waals surface area contributed by atoms with E-state index in [1.165, 1.54) is 25.8 Å². The lowest BCUT2D eigenvalue weighted by Gasteiger charge is -2.07. The van der Waals surface area contributed by atoms with Crippen LogP contribution in [-0.2, 0) is 10.9 Å². The van der Waals surface area contributed by atoms with Gasteiger partial charge in [-0.05, 0) is 50.2 Å². The molecule has 0 nitrogen and oxygen atoms in total. The van der Waals surface area contributed by atoms with Gasteiger partial charge in [-0.15, -0.1) is 0 Å². The van der Waals surface area contributed by atoms with Crippen molar-refractivity contribution in [1.29, 1.82) is 0 Å². The Labute approximate surface area is 165 Å². The van der Waals surface area contributed by atoms with Crippen molar-refractivity contribution in [2.75, 3.05) is 0 Å². The van der Waals surface area contributed by atoms with Gasteiger partial charge >= 0.3 is 0 Å². The van der Waals surface area contributed by atoms with Crippen LogP contribution in [0.3, 0.4) is 0 Å². The van der Waals surface area contributed by atoms with Gasteiger partial charge in [0.25, 0.3) is 0 Å². The van der Waals surface area contributed by atoms with Gasteiger partial charge in [0.05, 0.1) is 10.9 Å². The van der Waals surface area contributed by atoms with E-state index in [0.29, 0.717) is 0 Å². The van der Waals surface area contributed by atoms with Crippen molar-refractivity contribution in [3.05, 3.63) is 126 Å². The second-order valence-electron chi connectivity index (χ2n) is 6.40. The normalized spacial score (nSPS) is 10.2. The summed E-state index contributed by atoms with van der Waals surface area (Å²) >= 11 is 0. The number of hydrogen-bond acceptors (Lipinski definition) is 0. The molecule has 0 atom stereocenters. The highest BCUT2D eigenvalue weighted by Gasteiger charge is 2.27. The van der Waals surface area contributed by atoms with Crippen LogP contribution in [0, 0.1) is 13.8 Å². The highest BCUT2D eigenvalue weighted by molar-refractivity contribution is 7.97. The second-order valence-corrected chi connectivity index (χ2v) is 8.43. The fourth-order valence-corrected chi connectivity index (χ4v) is 4.81. The van der Waals surface area contributed by atoms with Crippen LogP contribution < -0.4 is 0 Å². The van der Waals surface area contributed by atoms with E-state index in [1.807, 2.05) is 18.2 Å². The molecule has 4 rings (SSSR count). The molecule has 0 heterocycles. The minimum absolute atomic E-state index is 0.0229. The third-order valence-corrected chi connectivity index (χ3v) is 6.39. The van der Waals surface area contributed by atoms with Gasteiger partial charge in [-0.2, -0.15) is 0 Å². The molecule has 0 fully saturated rings. The van der Waals surface area contributed by atoms with Crippen molar-refractivity contribution in [3.63, 3.8) is 0 Å². The summed E-state index contributed by atoms with van der Waals surface area (Å²) in [5.41, 5.74) is 2.63. The molecule has 4 aromatic rings. The number of hydrogen-bond donors (Lipinski definition) is 0. The maximum Gasteiger partial charge on any atom is 0.166 e. The monoisotopic (exact) mass is 369 g/mol. The molecule has 0 unspecified atom stereocenters. The predicted octanol–water partition coefficient (Wildman–Crippen LogP) is 7.09. The highest BCUT2D eigenvalue weighted by atomic mass is 32.2. The Morgan fingerprint density at radius 3 is 1.07 bits per heavy atom. The highest BCUT2D eigenvalue weighted by Crippen LogP contribution is 2.30. The van der Waals surface area contributed by atoms with Crippen LogP contribution in [0.4, 0.5) is 0 Å². The van der Waals surface area contributed by atoms with Crippen molar-refractivity contribution < 1.29 is 0 Å². The molecule has 0 bridgehead atoms. The number of rotatable bonds is 3. The minimum atomic E-state index is -0.0229. The Kier molecular flexibility index (Phi) is 6.90. The first-order chi connectivity index (χ1) is 13.2. The summed E-state index contributed by atoms with van der Waals surface area (Å²) in [7, 11) is -0.0229. The predicted molar refractivity (Wildman–Crippen MR) is 117 cm³/mol. The third-order valence-electron chi connectivity index (χ3n) is 4.15. The van der Waals surface area contributed by atoms with Gasteiger partial charge in [0, 0.05) is 0 Å². The van der Waals surface area contributed by atoms with Crippen LogP contribution in [0.2, 0.25) is 0 Å². The van der Waals surface area contributed by atoms with Crippen molar-refractivity contribution >= 4 is 10.9 Å². The van der Waals surface area contributed by atoms with Crippen molar-refractivity contribution in [2.45, 2.75) is 28.5 Å². The lowest BCUT2D eigenvalue weighted by Crippen LogP contribution is -2.04. The largest absolute Gasteiger partial charge is 0.166 e. The minimum Gasteiger partial charge on any atom is -0.0622 e. The topological polar surface area (TPSA) is 0 Å². The molecule has 134 valence electrons. The third kappa shape index (κ3) is 5.60. The molecule has 0 saturated heterocycles. The van der Waals surface area contributed by atoms with Gasteiger partial charge in [0.15, 0.2) is 14.7 Å². The van der Waals surface area contributed by atoms with Gasteiger partial charge in [-0.3, -0.25) is 0 Å². The maximum absolute atomic E-state index is 2.25. The fraction of sp³-hybridized carbons (Fsp3) is 0.0769. The summed E-state index contributed by atoms with van der Waals surface area (Å²) < 4.78 is 0. The summed E-state index contributed by atoms with van der Waals surface area (Å²) in [6, 6.07) is 40.6. The zero-order valence-corrected chi connectivity index (χ0v) is 16.7. The molecule has 27 heavy (non-hydrogen) atoms. The van der Waals surface area contributed by atoms with Gasteiger partial charge in [0.2, 0.25) is 0 Å². The van der Waals surface area contributed by atoms with E-state index < -0.39 is 0 Å². The summed E-state index contributed by atoms with van der Waals surface area (Å²) in [6.45, 7) is 4.22. The zero-order valence-electron chi connectivity index (χ0n) is 15.9. The Balaban J connectivity index is 0.000000253. The molecule has 0 aliphatic rings. The van der Waals surface area contributed by atoms with Gasteiger partial charge in [0.1, 0.15) is 0 Å². The summed E-state index contributed by atoms with van der Waals surface area (Å²) in [5, 5.41) is 0. The lowest BCUT2D eigenvalue weighted by molar-refractivity contribution is 1.30. The van der Waals surface area contributed by atoms with Gasteiger partial charge in [-0.25, -0.2) is 0 Å². The van der Waals surface area contributed by atoms with Crippen LogP contribution in [0.1, 0.15) is 11.1 Å². The smallest absolute Gasteiger partial charge is 0.0622 e. The van der Waals surface area contributed by atoms with Crippen LogP contribution in [0.25, 0.3) is 0 Å². The average molecular weight is 370 g/mol. The molecule has 0 radical (unpaired) electrons. The lowest BCUT2D eigenvalue weighted by atomic mass is 10.2. The molecule has 0 N–H and O–H groups in total. The van der Waals surface area contributed by atoms with Gasteiger partial charge < -0.3 is 0 Å². The van der Waals surface area contributed by atoms with E-state index >= 15 is 0 Å². The molecule has 0 saturated carbocycles. The van der Waals surface area contributed by atoms with E-state index in [1.54, 1.807) is 0 Å². The van der Waals surface area contributed by atoms with E-state index in [0.717, 1.165) is 0 Å². The molecular formula is C26H25S+. The quantitative estimate of drug-likeness (QED) is 0.338. The molecule has 0 aromatic heterocycles. The Hall–Kier alpha value is -2.77. The van der Waals surface area contributed by atoms with E-state index in [4.69, 9.17) is 0 Å². The average Bonchev–Trinajstić information content (AvgIpc) is 2.72. The van der Waals surface area contributed by atoms with Crippen LogP contribution in [0.5, 0.6) is 0 Å². The first kappa shape index (κ1) is 19.0. The Morgan fingerprint density at radius 2 is 0.704 bits per heavy atom. The van der Waals surface area contributed by atoms with Crippen LogP contribution >= 0.6 is 0 Å². The molecule has 0 aliphatic carbocycles. The SMILES string of the molecule is Cc1ccc([S+](c2ccccc2)c2ccccc2)cc1.Cc1ccccc1. The fourth-order valence-electron chi connectivity index (χ4n) is 2.73. The Bertz CT molecular complexity index is 875. The number of benzene rings is 4. The standard InChI is InChI=1S/C19H17S.C7H8/c1-16-12-14-19(15-13-16)20(17-8-4-2-5-9-17)18-10-6-3-7-11-18;1-7-5-3-2-4-6-7/h2-15H,1H3;2-6H,1H3/q+1;. The zero-order chi connectivity index (χ0) is 18.9. The first-order valence-electron chi connectivity index (χ1n) is 9.17. The molecule has 1 heteroatoms. The molecule has 0 amide bonds. The summed E-state index contributed by atoms with van der Waals surface area (Å²) in [5.74, 6) is 0. The first-order valence-corrected chi connectivity index (χ1v) is 10.4. The molecule has 0 aliphatic heterocycles. The molecule has 4 aromatic carbocycles. The summed E-state index contributed by atoms with van der Waals surface area (Å²) in [6.07, 6.45) is 0. The van der Waals surface area contributed by atoms with Crippen molar-refractivity contribution in [1.82, 2.24) is 0 Å². The van der Waals surface area contributed by atoms with Gasteiger partial charge in [-0.1, -0.05) is 90.0 Å². The van der Waals surface area contributed by atoms with Crippen LogP contribution in [-0.4, -0.2) is 0 Å². The molecule has 0 spiro atoms. The van der Waals surface area contributed by atoms with Crippen LogP contribution in [0.15, 0.2) is 130 Å². The molecular weight excluding hydrogens is 344 g/mol. The Morgan fingerprint density at radius 1 is 0.370 bits per heavy atom. The van der Waals surface area contributed by atoms with Crippen molar-refractivity contribution in [2.24, 2.45) is 0 Å². The van der Waals surface area contributed by atoms with E-state index in [2.05, 4.69) is 111 Å². The second kappa shape index (κ2) is 9.80. The maximum atomic E-state index is 2.25. The number of aryl methyl sites for hydroxylation is 2. The van der Waals surface area contributed by atoms with Crippen molar-refractivity contribution in [3.8, 4) is 0 Å².